The second-order valence-electron chi connectivity index (χ2n) is 8.09. The van der Waals surface area contributed by atoms with Gasteiger partial charge in [0.2, 0.25) is 0 Å². The molecule has 21 heavy (non-hydrogen) atoms. The Morgan fingerprint density at radius 3 is 2.52 bits per heavy atom. The highest BCUT2D eigenvalue weighted by molar-refractivity contribution is 5.25. The quantitative estimate of drug-likeness (QED) is 0.913. The minimum atomic E-state index is 0.324. The minimum absolute atomic E-state index is 0.324. The average molecular weight is 286 g/mol. The van der Waals surface area contributed by atoms with Gasteiger partial charge in [0.15, 0.2) is 0 Å². The van der Waals surface area contributed by atoms with Crippen molar-refractivity contribution in [1.82, 2.24) is 10.2 Å². The third-order valence-electron chi connectivity index (χ3n) is 5.27. The summed E-state index contributed by atoms with van der Waals surface area (Å²) in [6.45, 7) is 12.8. The molecule has 2 heteroatoms. The van der Waals surface area contributed by atoms with E-state index in [-0.39, 0.29) is 0 Å². The molecule has 1 N–H and O–H groups in total. The van der Waals surface area contributed by atoms with Crippen molar-refractivity contribution in [1.29, 1.82) is 0 Å². The summed E-state index contributed by atoms with van der Waals surface area (Å²) >= 11 is 0. The summed E-state index contributed by atoms with van der Waals surface area (Å²) in [6, 6.07) is 10.2. The van der Waals surface area contributed by atoms with Gasteiger partial charge in [-0.25, -0.2) is 0 Å². The van der Waals surface area contributed by atoms with Gasteiger partial charge in [-0.1, -0.05) is 45.0 Å². The molecule has 2 aliphatic rings. The number of aryl methyl sites for hydroxylation is 1. The summed E-state index contributed by atoms with van der Waals surface area (Å²) < 4.78 is 0. The summed E-state index contributed by atoms with van der Waals surface area (Å²) in [6.07, 6.45) is 2.85. The van der Waals surface area contributed by atoms with Crippen molar-refractivity contribution in [2.75, 3.05) is 13.1 Å². The predicted octanol–water partition coefficient (Wildman–Crippen LogP) is 3.59. The number of piperazine rings is 1. The van der Waals surface area contributed by atoms with Crippen molar-refractivity contribution in [2.45, 2.75) is 59.2 Å². The van der Waals surface area contributed by atoms with Gasteiger partial charge in [-0.05, 0) is 42.2 Å². The van der Waals surface area contributed by atoms with Gasteiger partial charge in [0.25, 0.3) is 0 Å². The summed E-state index contributed by atoms with van der Waals surface area (Å²) in [5.41, 5.74) is 3.24. The van der Waals surface area contributed by atoms with E-state index in [9.17, 15) is 0 Å². The summed E-state index contributed by atoms with van der Waals surface area (Å²) in [4.78, 5) is 2.74. The Hall–Kier alpha value is -0.860. The molecule has 116 valence electrons. The van der Waals surface area contributed by atoms with Crippen LogP contribution in [-0.4, -0.2) is 30.1 Å². The van der Waals surface area contributed by atoms with E-state index in [1.807, 2.05) is 0 Å². The van der Waals surface area contributed by atoms with E-state index in [1.165, 1.54) is 30.5 Å². The van der Waals surface area contributed by atoms with E-state index in [0.29, 0.717) is 17.5 Å². The van der Waals surface area contributed by atoms with Crippen molar-refractivity contribution in [3.8, 4) is 0 Å². The zero-order valence-corrected chi connectivity index (χ0v) is 14.0. The Balaban J connectivity index is 1.77. The number of benzene rings is 1. The monoisotopic (exact) mass is 286 g/mol. The Morgan fingerprint density at radius 2 is 1.90 bits per heavy atom. The van der Waals surface area contributed by atoms with E-state index in [4.69, 9.17) is 0 Å². The van der Waals surface area contributed by atoms with E-state index in [0.717, 1.165) is 19.0 Å². The zero-order chi connectivity index (χ0) is 15.0. The van der Waals surface area contributed by atoms with Crippen molar-refractivity contribution < 1.29 is 0 Å². The molecular weight excluding hydrogens is 256 g/mol. The molecule has 1 aliphatic heterocycles. The van der Waals surface area contributed by atoms with Gasteiger partial charge in [0, 0.05) is 31.7 Å². The Morgan fingerprint density at radius 1 is 1.19 bits per heavy atom. The maximum Gasteiger partial charge on any atom is 0.0273 e. The normalized spacial score (nSPS) is 27.8. The van der Waals surface area contributed by atoms with E-state index < -0.39 is 0 Å². The molecule has 2 atom stereocenters. The Labute approximate surface area is 129 Å². The standard InChI is InChI=1S/C19H30N2/c1-14-7-5-6-8-16(14)12-21-13-17(15-9-10-15)20-11-18(21)19(2,3)4/h5-8,15,17-18,20H,9-13H2,1-4H3. The molecule has 0 radical (unpaired) electrons. The van der Waals surface area contributed by atoms with E-state index in [2.05, 4.69) is 62.2 Å². The molecule has 0 amide bonds. The lowest BCUT2D eigenvalue weighted by Gasteiger charge is -2.47. The smallest absolute Gasteiger partial charge is 0.0273 e. The molecule has 1 saturated carbocycles. The van der Waals surface area contributed by atoms with Crippen LogP contribution in [-0.2, 0) is 6.54 Å². The molecule has 2 fully saturated rings. The maximum absolute atomic E-state index is 3.83. The number of hydrogen-bond donors (Lipinski definition) is 1. The molecule has 0 bridgehead atoms. The highest BCUT2D eigenvalue weighted by atomic mass is 15.2. The predicted molar refractivity (Wildman–Crippen MR) is 89.3 cm³/mol. The SMILES string of the molecule is Cc1ccccc1CN1CC(C2CC2)NCC1C(C)(C)C. The van der Waals surface area contributed by atoms with Crippen LogP contribution in [0, 0.1) is 18.3 Å². The Bertz CT molecular complexity index is 485. The van der Waals surface area contributed by atoms with Crippen LogP contribution >= 0.6 is 0 Å². The second kappa shape index (κ2) is 5.73. The summed E-state index contributed by atoms with van der Waals surface area (Å²) in [5, 5.41) is 3.83. The van der Waals surface area contributed by atoms with Gasteiger partial charge in [-0.2, -0.15) is 0 Å². The maximum atomic E-state index is 3.83. The zero-order valence-electron chi connectivity index (χ0n) is 14.0. The first-order valence-electron chi connectivity index (χ1n) is 8.47. The van der Waals surface area contributed by atoms with Crippen LogP contribution in [0.15, 0.2) is 24.3 Å². The first-order chi connectivity index (χ1) is 9.95. The van der Waals surface area contributed by atoms with Crippen molar-refractivity contribution in [3.63, 3.8) is 0 Å². The molecule has 1 aromatic rings. The lowest BCUT2D eigenvalue weighted by atomic mass is 9.83. The van der Waals surface area contributed by atoms with Gasteiger partial charge < -0.3 is 5.32 Å². The summed E-state index contributed by atoms with van der Waals surface area (Å²) in [7, 11) is 0. The fourth-order valence-electron chi connectivity index (χ4n) is 3.69. The largest absolute Gasteiger partial charge is 0.311 e. The first-order valence-corrected chi connectivity index (χ1v) is 8.47. The van der Waals surface area contributed by atoms with E-state index in [1.54, 1.807) is 0 Å². The molecule has 2 nitrogen and oxygen atoms in total. The van der Waals surface area contributed by atoms with Crippen LogP contribution in [0.1, 0.15) is 44.7 Å². The lowest BCUT2D eigenvalue weighted by molar-refractivity contribution is 0.0448. The molecular formula is C19H30N2. The number of hydrogen-bond acceptors (Lipinski definition) is 2. The van der Waals surface area contributed by atoms with Crippen LogP contribution in [0.3, 0.4) is 0 Å². The fourth-order valence-corrected chi connectivity index (χ4v) is 3.69. The van der Waals surface area contributed by atoms with Crippen LogP contribution in [0.2, 0.25) is 0 Å². The van der Waals surface area contributed by atoms with Gasteiger partial charge in [-0.3, -0.25) is 4.90 Å². The highest BCUT2D eigenvalue weighted by Gasteiger charge is 2.40. The van der Waals surface area contributed by atoms with Crippen LogP contribution in [0.5, 0.6) is 0 Å². The Kier molecular flexibility index (Phi) is 4.11. The molecule has 1 aliphatic carbocycles. The minimum Gasteiger partial charge on any atom is -0.311 e. The van der Waals surface area contributed by atoms with Gasteiger partial charge in [0.05, 0.1) is 0 Å². The molecule has 3 rings (SSSR count). The topological polar surface area (TPSA) is 15.3 Å². The lowest BCUT2D eigenvalue weighted by Crippen LogP contribution is -2.60. The molecule has 1 heterocycles. The second-order valence-corrected chi connectivity index (χ2v) is 8.09. The molecule has 2 unspecified atom stereocenters. The molecule has 1 aromatic carbocycles. The number of nitrogens with one attached hydrogen (secondary N) is 1. The third-order valence-corrected chi connectivity index (χ3v) is 5.27. The molecule has 0 spiro atoms. The van der Waals surface area contributed by atoms with Gasteiger partial charge >= 0.3 is 0 Å². The summed E-state index contributed by atoms with van der Waals surface area (Å²) in [5.74, 6) is 0.935. The average Bonchev–Trinajstić information content (AvgIpc) is 3.24. The van der Waals surface area contributed by atoms with Crippen molar-refractivity contribution in [3.05, 3.63) is 35.4 Å². The number of rotatable bonds is 3. The van der Waals surface area contributed by atoms with Crippen LogP contribution in [0.4, 0.5) is 0 Å². The van der Waals surface area contributed by atoms with E-state index >= 15 is 0 Å². The van der Waals surface area contributed by atoms with Crippen molar-refractivity contribution >= 4 is 0 Å². The van der Waals surface area contributed by atoms with Gasteiger partial charge in [-0.15, -0.1) is 0 Å². The molecule has 0 aromatic heterocycles. The van der Waals surface area contributed by atoms with Crippen LogP contribution in [0.25, 0.3) is 0 Å². The first kappa shape index (κ1) is 15.1. The number of nitrogens with zero attached hydrogens (tertiary/aromatic N) is 1. The van der Waals surface area contributed by atoms with Crippen LogP contribution < -0.4 is 5.32 Å². The molecule has 1 saturated heterocycles. The third kappa shape index (κ3) is 3.49. The van der Waals surface area contributed by atoms with Gasteiger partial charge in [0.1, 0.15) is 0 Å². The van der Waals surface area contributed by atoms with Crippen molar-refractivity contribution in [2.24, 2.45) is 11.3 Å². The fraction of sp³-hybridized carbons (Fsp3) is 0.684. The highest BCUT2D eigenvalue weighted by Crippen LogP contribution is 2.36.